The lowest BCUT2D eigenvalue weighted by Crippen LogP contribution is -2.49. The fraction of sp³-hybridized carbons (Fsp3) is 0.276. The number of ether oxygens (including phenoxy) is 1. The van der Waals surface area contributed by atoms with Gasteiger partial charge in [0.25, 0.3) is 11.8 Å². The third-order valence-electron chi connectivity index (χ3n) is 5.99. The van der Waals surface area contributed by atoms with Gasteiger partial charge in [-0.25, -0.2) is 0 Å². The van der Waals surface area contributed by atoms with E-state index < -0.39 is 0 Å². The Bertz CT molecular complexity index is 1240. The summed E-state index contributed by atoms with van der Waals surface area (Å²) in [4.78, 5) is 29.7. The van der Waals surface area contributed by atoms with E-state index in [1.165, 1.54) is 0 Å². The van der Waals surface area contributed by atoms with Crippen LogP contribution in [-0.4, -0.2) is 54.6 Å². The van der Waals surface area contributed by atoms with Crippen molar-refractivity contribution in [3.05, 3.63) is 90.0 Å². The van der Waals surface area contributed by atoms with Gasteiger partial charge in [-0.1, -0.05) is 50.2 Å². The van der Waals surface area contributed by atoms with Gasteiger partial charge in [0.05, 0.1) is 18.0 Å². The highest BCUT2D eigenvalue weighted by Gasteiger charge is 2.23. The van der Waals surface area contributed by atoms with Crippen molar-refractivity contribution in [1.29, 1.82) is 0 Å². The minimum absolute atomic E-state index is 0.0502. The van der Waals surface area contributed by atoms with E-state index in [0.717, 1.165) is 11.4 Å². The lowest BCUT2D eigenvalue weighted by Gasteiger charge is -2.37. The average Bonchev–Trinajstić information content (AvgIpc) is 2.92. The fourth-order valence-corrected chi connectivity index (χ4v) is 4.29. The number of carbonyl (C=O) groups excluding carboxylic acids is 2. The first-order chi connectivity index (χ1) is 17.9. The maximum Gasteiger partial charge on any atom is 0.257 e. The van der Waals surface area contributed by atoms with Crippen LogP contribution in [0.3, 0.4) is 0 Å². The number of benzene rings is 3. The van der Waals surface area contributed by atoms with E-state index in [0.29, 0.717) is 55.6 Å². The van der Waals surface area contributed by atoms with E-state index in [4.69, 9.17) is 17.0 Å². The monoisotopic (exact) mass is 516 g/mol. The van der Waals surface area contributed by atoms with Crippen molar-refractivity contribution in [2.45, 2.75) is 13.8 Å². The van der Waals surface area contributed by atoms with Crippen LogP contribution >= 0.6 is 12.2 Å². The SMILES string of the molecule is CC(C)COc1cccc(C(=O)NC(=S)Nc2ccccc2N2CCN(C(=O)c3ccccc3)CC2)c1. The van der Waals surface area contributed by atoms with Gasteiger partial charge in [0, 0.05) is 37.3 Å². The van der Waals surface area contributed by atoms with Crippen LogP contribution in [0.25, 0.3) is 0 Å². The van der Waals surface area contributed by atoms with Gasteiger partial charge in [-0.2, -0.15) is 0 Å². The number of piperazine rings is 1. The van der Waals surface area contributed by atoms with Gasteiger partial charge in [-0.3, -0.25) is 14.9 Å². The van der Waals surface area contributed by atoms with Crippen molar-refractivity contribution >= 4 is 40.5 Å². The Hall–Kier alpha value is -3.91. The molecule has 0 atom stereocenters. The number of para-hydroxylation sites is 2. The Kier molecular flexibility index (Phi) is 8.74. The maximum absolute atomic E-state index is 12.8. The third-order valence-corrected chi connectivity index (χ3v) is 6.19. The Morgan fingerprint density at radius 3 is 2.30 bits per heavy atom. The molecule has 1 heterocycles. The Morgan fingerprint density at radius 2 is 1.57 bits per heavy atom. The number of rotatable bonds is 7. The van der Waals surface area contributed by atoms with Gasteiger partial charge in [-0.05, 0) is 60.6 Å². The van der Waals surface area contributed by atoms with E-state index >= 15 is 0 Å². The molecule has 1 fully saturated rings. The Balaban J connectivity index is 1.35. The summed E-state index contributed by atoms with van der Waals surface area (Å²) < 4.78 is 5.73. The number of nitrogens with one attached hydrogen (secondary N) is 2. The van der Waals surface area contributed by atoms with Gasteiger partial charge in [0.1, 0.15) is 5.75 Å². The zero-order valence-corrected chi connectivity index (χ0v) is 22.0. The van der Waals surface area contributed by atoms with Crippen LogP contribution < -0.4 is 20.3 Å². The van der Waals surface area contributed by atoms with Gasteiger partial charge in [-0.15, -0.1) is 0 Å². The molecule has 1 aliphatic heterocycles. The number of carbonyl (C=O) groups is 2. The summed E-state index contributed by atoms with van der Waals surface area (Å²) in [6.07, 6.45) is 0. The summed E-state index contributed by atoms with van der Waals surface area (Å²) in [5, 5.41) is 6.14. The summed E-state index contributed by atoms with van der Waals surface area (Å²) in [5.74, 6) is 0.782. The lowest BCUT2D eigenvalue weighted by molar-refractivity contribution is 0.0746. The molecule has 0 spiro atoms. The highest BCUT2D eigenvalue weighted by molar-refractivity contribution is 7.80. The summed E-state index contributed by atoms with van der Waals surface area (Å²) in [6, 6.07) is 24.2. The van der Waals surface area contributed by atoms with Crippen molar-refractivity contribution in [2.24, 2.45) is 5.92 Å². The molecule has 2 amide bonds. The standard InChI is InChI=1S/C29H32N4O3S/c1-21(2)20-36-24-12-8-11-23(19-24)27(34)31-29(37)30-25-13-6-7-14-26(25)32-15-17-33(18-16-32)28(35)22-9-4-3-5-10-22/h3-14,19,21H,15-18,20H2,1-2H3,(H2,30,31,34,37). The zero-order valence-electron chi connectivity index (χ0n) is 21.1. The number of amides is 2. The van der Waals surface area contributed by atoms with Crippen LogP contribution in [-0.2, 0) is 0 Å². The molecule has 0 saturated carbocycles. The molecule has 3 aromatic rings. The van der Waals surface area contributed by atoms with E-state index in [-0.39, 0.29) is 16.9 Å². The van der Waals surface area contributed by atoms with Crippen LogP contribution in [0.4, 0.5) is 11.4 Å². The van der Waals surface area contributed by atoms with Crippen molar-refractivity contribution < 1.29 is 14.3 Å². The molecule has 7 nitrogen and oxygen atoms in total. The molecule has 1 aliphatic rings. The van der Waals surface area contributed by atoms with Crippen LogP contribution in [0.1, 0.15) is 34.6 Å². The molecule has 37 heavy (non-hydrogen) atoms. The molecule has 2 N–H and O–H groups in total. The number of hydrogen-bond acceptors (Lipinski definition) is 5. The van der Waals surface area contributed by atoms with E-state index in [2.05, 4.69) is 29.4 Å². The predicted octanol–water partition coefficient (Wildman–Crippen LogP) is 4.81. The van der Waals surface area contributed by atoms with Crippen LogP contribution in [0, 0.1) is 5.92 Å². The Labute approximate surface area is 223 Å². The first-order valence-corrected chi connectivity index (χ1v) is 12.8. The molecule has 0 aliphatic carbocycles. The molecule has 4 rings (SSSR count). The number of anilines is 2. The first-order valence-electron chi connectivity index (χ1n) is 12.4. The van der Waals surface area contributed by atoms with E-state index in [1.54, 1.807) is 18.2 Å². The zero-order chi connectivity index (χ0) is 26.2. The van der Waals surface area contributed by atoms with Gasteiger partial charge < -0.3 is 19.9 Å². The quantitative estimate of drug-likeness (QED) is 0.439. The predicted molar refractivity (Wildman–Crippen MR) is 151 cm³/mol. The van der Waals surface area contributed by atoms with Crippen LogP contribution in [0.15, 0.2) is 78.9 Å². The second-order valence-electron chi connectivity index (χ2n) is 9.30. The smallest absolute Gasteiger partial charge is 0.257 e. The van der Waals surface area contributed by atoms with Gasteiger partial charge in [0.2, 0.25) is 0 Å². The Morgan fingerprint density at radius 1 is 0.892 bits per heavy atom. The molecule has 192 valence electrons. The second-order valence-corrected chi connectivity index (χ2v) is 9.71. The highest BCUT2D eigenvalue weighted by Crippen LogP contribution is 2.27. The third kappa shape index (κ3) is 7.07. The minimum Gasteiger partial charge on any atom is -0.493 e. The average molecular weight is 517 g/mol. The van der Waals surface area contributed by atoms with Crippen molar-refractivity contribution in [1.82, 2.24) is 10.2 Å². The van der Waals surface area contributed by atoms with Crippen molar-refractivity contribution in [2.75, 3.05) is 43.0 Å². The molecule has 1 saturated heterocycles. The number of hydrogen-bond donors (Lipinski definition) is 2. The van der Waals surface area contributed by atoms with E-state index in [1.807, 2.05) is 65.6 Å². The van der Waals surface area contributed by atoms with Crippen molar-refractivity contribution in [3.63, 3.8) is 0 Å². The molecule has 0 bridgehead atoms. The first kappa shape index (κ1) is 26.2. The second kappa shape index (κ2) is 12.4. The normalized spacial score (nSPS) is 13.3. The maximum atomic E-state index is 12.8. The number of thiocarbonyl (C=S) groups is 1. The molecular formula is C29H32N4O3S. The molecule has 0 unspecified atom stereocenters. The molecule has 0 radical (unpaired) electrons. The summed E-state index contributed by atoms with van der Waals surface area (Å²) in [6.45, 7) is 7.36. The minimum atomic E-state index is -0.307. The fourth-order valence-electron chi connectivity index (χ4n) is 4.09. The summed E-state index contributed by atoms with van der Waals surface area (Å²) in [7, 11) is 0. The van der Waals surface area contributed by atoms with Gasteiger partial charge in [0.15, 0.2) is 5.11 Å². The molecule has 3 aromatic carbocycles. The highest BCUT2D eigenvalue weighted by atomic mass is 32.1. The van der Waals surface area contributed by atoms with Crippen molar-refractivity contribution in [3.8, 4) is 5.75 Å². The van der Waals surface area contributed by atoms with Crippen LogP contribution in [0.5, 0.6) is 5.75 Å². The molecular weight excluding hydrogens is 484 g/mol. The lowest BCUT2D eigenvalue weighted by atomic mass is 10.1. The topological polar surface area (TPSA) is 73.9 Å². The van der Waals surface area contributed by atoms with Crippen LogP contribution in [0.2, 0.25) is 0 Å². The van der Waals surface area contributed by atoms with Gasteiger partial charge >= 0.3 is 0 Å². The largest absolute Gasteiger partial charge is 0.493 e. The summed E-state index contributed by atoms with van der Waals surface area (Å²) in [5.41, 5.74) is 2.94. The summed E-state index contributed by atoms with van der Waals surface area (Å²) >= 11 is 5.45. The molecule has 0 aromatic heterocycles. The van der Waals surface area contributed by atoms with E-state index in [9.17, 15) is 9.59 Å². The molecule has 8 heteroatoms. The number of nitrogens with zero attached hydrogens (tertiary/aromatic N) is 2.